The molecule has 18 heavy (non-hydrogen) atoms. The summed E-state index contributed by atoms with van der Waals surface area (Å²) >= 11 is 0. The first-order chi connectivity index (χ1) is 8.26. The highest BCUT2D eigenvalue weighted by molar-refractivity contribution is 5.88. The minimum absolute atomic E-state index is 0.157. The number of carboxylic acids is 1. The van der Waals surface area contributed by atoms with Crippen LogP contribution in [0.25, 0.3) is 0 Å². The summed E-state index contributed by atoms with van der Waals surface area (Å²) in [6, 6.07) is -0.667. The van der Waals surface area contributed by atoms with Gasteiger partial charge in [0.2, 0.25) is 5.91 Å². The maximum absolute atomic E-state index is 11.5. The smallest absolute Gasteiger partial charge is 0.329 e. The molecule has 3 amide bonds. The van der Waals surface area contributed by atoms with Gasteiger partial charge in [-0.25, -0.2) is 9.59 Å². The number of hydrogen-bond acceptors (Lipinski definition) is 3. The molecule has 0 radical (unpaired) electrons. The molecule has 3 N–H and O–H groups in total. The van der Waals surface area contributed by atoms with E-state index >= 15 is 0 Å². The van der Waals surface area contributed by atoms with E-state index < -0.39 is 17.5 Å². The number of carbonyl (C=O) groups is 3. The van der Waals surface area contributed by atoms with Crippen LogP contribution in [-0.4, -0.2) is 53.6 Å². The molecule has 0 spiro atoms. The zero-order chi connectivity index (χ0) is 14.3. The standard InChI is InChI=1S/C11H21N3O4/c1-5-11(3,9(16)17)13-10(18)12-7-8(15)14(4)6-2/h5-7H2,1-4H3,(H,16,17)(H2,12,13,18). The van der Waals surface area contributed by atoms with Gasteiger partial charge in [-0.2, -0.15) is 0 Å². The Morgan fingerprint density at radius 3 is 2.22 bits per heavy atom. The number of carbonyl (C=O) groups excluding carboxylic acids is 2. The molecule has 0 aromatic heterocycles. The first-order valence-corrected chi connectivity index (χ1v) is 5.80. The normalized spacial score (nSPS) is 13.3. The van der Waals surface area contributed by atoms with Gasteiger partial charge in [0, 0.05) is 13.6 Å². The van der Waals surface area contributed by atoms with E-state index in [1.165, 1.54) is 11.8 Å². The zero-order valence-electron chi connectivity index (χ0n) is 11.2. The van der Waals surface area contributed by atoms with E-state index in [0.29, 0.717) is 6.54 Å². The van der Waals surface area contributed by atoms with Gasteiger partial charge in [0.15, 0.2) is 0 Å². The predicted molar refractivity (Wildman–Crippen MR) is 66.2 cm³/mol. The van der Waals surface area contributed by atoms with Gasteiger partial charge in [0.05, 0.1) is 6.54 Å². The van der Waals surface area contributed by atoms with E-state index in [9.17, 15) is 14.4 Å². The number of amides is 3. The Kier molecular flexibility index (Phi) is 6.15. The molecule has 1 unspecified atom stereocenters. The molecule has 104 valence electrons. The number of urea groups is 1. The van der Waals surface area contributed by atoms with Crippen molar-refractivity contribution >= 4 is 17.9 Å². The summed E-state index contributed by atoms with van der Waals surface area (Å²) in [5, 5.41) is 13.6. The van der Waals surface area contributed by atoms with E-state index in [-0.39, 0.29) is 18.9 Å². The Labute approximate surface area is 107 Å². The summed E-state index contributed by atoms with van der Waals surface area (Å²) in [6.07, 6.45) is 0.249. The van der Waals surface area contributed by atoms with Crippen molar-refractivity contribution in [2.24, 2.45) is 0 Å². The molecule has 0 aliphatic heterocycles. The maximum Gasteiger partial charge on any atom is 0.329 e. The second kappa shape index (κ2) is 6.83. The SMILES string of the molecule is CCN(C)C(=O)CNC(=O)NC(C)(CC)C(=O)O. The number of hydrogen-bond donors (Lipinski definition) is 3. The molecule has 0 aliphatic rings. The van der Waals surface area contributed by atoms with E-state index in [4.69, 9.17) is 5.11 Å². The molecule has 0 aromatic rings. The number of nitrogens with one attached hydrogen (secondary N) is 2. The summed E-state index contributed by atoms with van der Waals surface area (Å²) in [5.41, 5.74) is -1.33. The summed E-state index contributed by atoms with van der Waals surface area (Å²) in [6.45, 7) is 5.27. The van der Waals surface area contributed by atoms with Gasteiger partial charge < -0.3 is 20.6 Å². The van der Waals surface area contributed by atoms with Gasteiger partial charge in [-0.1, -0.05) is 6.92 Å². The molecule has 7 nitrogen and oxygen atoms in total. The lowest BCUT2D eigenvalue weighted by atomic mass is 10.00. The molecule has 0 saturated heterocycles. The fourth-order valence-corrected chi connectivity index (χ4v) is 1.06. The van der Waals surface area contributed by atoms with Crippen molar-refractivity contribution in [3.8, 4) is 0 Å². The molecular formula is C11H21N3O4. The number of likely N-dealkylation sites (N-methyl/N-ethyl adjacent to an activating group) is 1. The second-order valence-corrected chi connectivity index (χ2v) is 4.21. The molecule has 0 bridgehead atoms. The first kappa shape index (κ1) is 16.2. The van der Waals surface area contributed by atoms with Gasteiger partial charge in [0.1, 0.15) is 5.54 Å². The van der Waals surface area contributed by atoms with E-state index in [1.54, 1.807) is 14.0 Å². The van der Waals surface area contributed by atoms with Crippen LogP contribution in [-0.2, 0) is 9.59 Å². The van der Waals surface area contributed by atoms with Crippen LogP contribution in [0.2, 0.25) is 0 Å². The average molecular weight is 259 g/mol. The van der Waals surface area contributed by atoms with Gasteiger partial charge in [0.25, 0.3) is 0 Å². The third kappa shape index (κ3) is 4.60. The van der Waals surface area contributed by atoms with Crippen molar-refractivity contribution < 1.29 is 19.5 Å². The minimum Gasteiger partial charge on any atom is -0.480 e. The van der Waals surface area contributed by atoms with Crippen LogP contribution in [0.1, 0.15) is 27.2 Å². The predicted octanol–water partition coefficient (Wildman–Crippen LogP) is 0.0172. The summed E-state index contributed by atoms with van der Waals surface area (Å²) < 4.78 is 0. The first-order valence-electron chi connectivity index (χ1n) is 5.80. The van der Waals surface area contributed by atoms with E-state index in [0.717, 1.165) is 0 Å². The van der Waals surface area contributed by atoms with Crippen LogP contribution < -0.4 is 10.6 Å². The van der Waals surface area contributed by atoms with Crippen molar-refractivity contribution in [1.29, 1.82) is 0 Å². The molecule has 0 aromatic carbocycles. The highest BCUT2D eigenvalue weighted by atomic mass is 16.4. The lowest BCUT2D eigenvalue weighted by Crippen LogP contribution is -2.55. The van der Waals surface area contributed by atoms with Crippen molar-refractivity contribution in [2.45, 2.75) is 32.7 Å². The van der Waals surface area contributed by atoms with Crippen LogP contribution in [0.4, 0.5) is 4.79 Å². The second-order valence-electron chi connectivity index (χ2n) is 4.21. The molecule has 0 rings (SSSR count). The Morgan fingerprint density at radius 1 is 1.28 bits per heavy atom. The van der Waals surface area contributed by atoms with Gasteiger partial charge in [-0.3, -0.25) is 4.79 Å². The summed E-state index contributed by atoms with van der Waals surface area (Å²) in [7, 11) is 1.62. The molecular weight excluding hydrogens is 238 g/mol. The Balaban J connectivity index is 4.28. The highest BCUT2D eigenvalue weighted by Crippen LogP contribution is 2.08. The third-order valence-electron chi connectivity index (χ3n) is 2.87. The van der Waals surface area contributed by atoms with E-state index in [1.807, 2.05) is 6.92 Å². The molecule has 1 atom stereocenters. The zero-order valence-corrected chi connectivity index (χ0v) is 11.2. The quantitative estimate of drug-likeness (QED) is 0.626. The number of carboxylic acid groups (broad SMARTS) is 1. The Bertz CT molecular complexity index is 332. The summed E-state index contributed by atoms with van der Waals surface area (Å²) in [4.78, 5) is 35.3. The van der Waals surface area contributed by atoms with Crippen LogP contribution in [0, 0.1) is 0 Å². The summed E-state index contributed by atoms with van der Waals surface area (Å²) in [5.74, 6) is -1.35. The topological polar surface area (TPSA) is 98.7 Å². The number of aliphatic carboxylic acids is 1. The fraction of sp³-hybridized carbons (Fsp3) is 0.727. The van der Waals surface area contributed by atoms with Crippen LogP contribution in [0.3, 0.4) is 0 Å². The lowest BCUT2D eigenvalue weighted by molar-refractivity contribution is -0.143. The van der Waals surface area contributed by atoms with Crippen LogP contribution in [0.5, 0.6) is 0 Å². The monoisotopic (exact) mass is 259 g/mol. The van der Waals surface area contributed by atoms with Crippen molar-refractivity contribution in [3.05, 3.63) is 0 Å². The minimum atomic E-state index is -1.33. The number of nitrogens with zero attached hydrogens (tertiary/aromatic N) is 1. The Morgan fingerprint density at radius 2 is 1.83 bits per heavy atom. The van der Waals surface area contributed by atoms with Gasteiger partial charge >= 0.3 is 12.0 Å². The molecule has 0 heterocycles. The molecule has 0 aliphatic carbocycles. The lowest BCUT2D eigenvalue weighted by Gasteiger charge is -2.24. The van der Waals surface area contributed by atoms with Crippen LogP contribution in [0.15, 0.2) is 0 Å². The molecule has 0 saturated carbocycles. The maximum atomic E-state index is 11.5. The number of rotatable bonds is 6. The average Bonchev–Trinajstić information content (AvgIpc) is 2.34. The van der Waals surface area contributed by atoms with Crippen molar-refractivity contribution in [3.63, 3.8) is 0 Å². The van der Waals surface area contributed by atoms with Gasteiger partial charge in [-0.05, 0) is 20.3 Å². The van der Waals surface area contributed by atoms with E-state index in [2.05, 4.69) is 10.6 Å². The fourth-order valence-electron chi connectivity index (χ4n) is 1.06. The Hall–Kier alpha value is -1.79. The molecule has 7 heteroatoms. The third-order valence-corrected chi connectivity index (χ3v) is 2.87. The largest absolute Gasteiger partial charge is 0.480 e. The van der Waals surface area contributed by atoms with Crippen LogP contribution >= 0.6 is 0 Å². The van der Waals surface area contributed by atoms with Gasteiger partial charge in [-0.15, -0.1) is 0 Å². The van der Waals surface area contributed by atoms with Crippen molar-refractivity contribution in [2.75, 3.05) is 20.1 Å². The highest BCUT2D eigenvalue weighted by Gasteiger charge is 2.32. The molecule has 0 fully saturated rings. The van der Waals surface area contributed by atoms with Crippen molar-refractivity contribution in [1.82, 2.24) is 15.5 Å².